The summed E-state index contributed by atoms with van der Waals surface area (Å²) in [5.74, 6) is 0. The zero-order chi connectivity index (χ0) is 13.5. The molecule has 0 saturated carbocycles. The minimum atomic E-state index is -0.573. The number of aliphatic hydroxyl groups is 1. The molecule has 2 aromatic rings. The number of pyridine rings is 1. The Bertz CT molecular complexity index is 607. The van der Waals surface area contributed by atoms with E-state index >= 15 is 0 Å². The maximum atomic E-state index is 10.2. The Morgan fingerprint density at radius 1 is 1.37 bits per heavy atom. The van der Waals surface area contributed by atoms with Gasteiger partial charge in [-0.3, -0.25) is 4.98 Å². The highest BCUT2D eigenvalue weighted by molar-refractivity contribution is 5.92. The first kappa shape index (κ1) is 12.4. The molecule has 1 fully saturated rings. The van der Waals surface area contributed by atoms with Crippen LogP contribution < -0.4 is 4.90 Å². The van der Waals surface area contributed by atoms with E-state index in [0.717, 1.165) is 30.6 Å². The lowest BCUT2D eigenvalue weighted by Gasteiger charge is -2.23. The Labute approximate surface area is 113 Å². The van der Waals surface area contributed by atoms with Crippen LogP contribution in [0.4, 0.5) is 5.69 Å². The van der Waals surface area contributed by atoms with E-state index in [4.69, 9.17) is 0 Å². The lowest BCUT2D eigenvalue weighted by molar-refractivity contribution is 0.0839. The number of hydrogen-bond acceptors (Lipinski definition) is 3. The summed E-state index contributed by atoms with van der Waals surface area (Å²) in [4.78, 5) is 6.95. The smallest absolute Gasteiger partial charge is 0.0810 e. The van der Waals surface area contributed by atoms with Crippen molar-refractivity contribution in [3.63, 3.8) is 0 Å². The number of anilines is 1. The molecule has 0 radical (unpaired) electrons. The summed E-state index contributed by atoms with van der Waals surface area (Å²) in [7, 11) is 0. The number of aromatic nitrogens is 1. The Kier molecular flexibility index (Phi) is 2.94. The summed E-state index contributed by atoms with van der Waals surface area (Å²) < 4.78 is 0. The Morgan fingerprint density at radius 3 is 2.84 bits per heavy atom. The molecule has 0 amide bonds. The Hall–Kier alpha value is -1.61. The van der Waals surface area contributed by atoms with Crippen LogP contribution in [0, 0.1) is 0 Å². The van der Waals surface area contributed by atoms with E-state index in [1.807, 2.05) is 19.1 Å². The van der Waals surface area contributed by atoms with Gasteiger partial charge in [-0.2, -0.15) is 0 Å². The number of fused-ring (bicyclic) bond motifs is 1. The molecule has 1 aliphatic rings. The maximum Gasteiger partial charge on any atom is 0.0810 e. The maximum absolute atomic E-state index is 10.2. The van der Waals surface area contributed by atoms with Crippen molar-refractivity contribution >= 4 is 16.6 Å². The van der Waals surface area contributed by atoms with Gasteiger partial charge in [0.15, 0.2) is 0 Å². The molecule has 1 atom stereocenters. The molecule has 1 saturated heterocycles. The molecule has 19 heavy (non-hydrogen) atoms. The van der Waals surface area contributed by atoms with Gasteiger partial charge in [-0.05, 0) is 31.9 Å². The van der Waals surface area contributed by atoms with Crippen LogP contribution in [-0.2, 0) is 6.42 Å². The summed E-state index contributed by atoms with van der Waals surface area (Å²) in [5.41, 5.74) is 2.79. The predicted octanol–water partition coefficient (Wildman–Crippen LogP) is 2.76. The molecule has 1 aliphatic heterocycles. The first-order valence-electron chi connectivity index (χ1n) is 6.95. The van der Waals surface area contributed by atoms with Crippen LogP contribution >= 0.6 is 0 Å². The number of benzene rings is 1. The normalized spacial score (nSPS) is 23.2. The second-order valence-electron chi connectivity index (χ2n) is 5.67. The first-order valence-corrected chi connectivity index (χ1v) is 6.95. The topological polar surface area (TPSA) is 36.4 Å². The average Bonchev–Trinajstić information content (AvgIpc) is 2.77. The third-order valence-electron chi connectivity index (χ3n) is 3.90. The summed E-state index contributed by atoms with van der Waals surface area (Å²) in [6.07, 6.45) is 1.76. The van der Waals surface area contributed by atoms with Crippen molar-refractivity contribution in [2.75, 3.05) is 18.0 Å². The summed E-state index contributed by atoms with van der Waals surface area (Å²) in [5, 5.41) is 11.3. The van der Waals surface area contributed by atoms with E-state index in [1.54, 1.807) is 0 Å². The number of nitrogens with zero attached hydrogens (tertiary/aromatic N) is 2. The fourth-order valence-corrected chi connectivity index (χ4v) is 2.80. The fourth-order valence-electron chi connectivity index (χ4n) is 2.80. The minimum Gasteiger partial charge on any atom is -0.388 e. The minimum absolute atomic E-state index is 0.573. The standard InChI is InChI=1S/C16H20N2O/c1-3-12-10-15(18-9-8-16(2,19)11-18)13-6-4-5-7-14(13)17-12/h4-7,10,19H,3,8-9,11H2,1-2H3. The van der Waals surface area contributed by atoms with E-state index in [1.165, 1.54) is 11.1 Å². The van der Waals surface area contributed by atoms with Crippen LogP contribution in [0.5, 0.6) is 0 Å². The number of rotatable bonds is 2. The molecule has 3 nitrogen and oxygen atoms in total. The van der Waals surface area contributed by atoms with E-state index < -0.39 is 5.60 Å². The van der Waals surface area contributed by atoms with Gasteiger partial charge in [-0.25, -0.2) is 0 Å². The summed E-state index contributed by atoms with van der Waals surface area (Å²) >= 11 is 0. The highest BCUT2D eigenvalue weighted by Gasteiger charge is 2.32. The van der Waals surface area contributed by atoms with E-state index in [0.29, 0.717) is 6.54 Å². The largest absolute Gasteiger partial charge is 0.388 e. The highest BCUT2D eigenvalue weighted by atomic mass is 16.3. The molecule has 3 heteroatoms. The Balaban J connectivity index is 2.11. The van der Waals surface area contributed by atoms with Crippen LogP contribution in [0.15, 0.2) is 30.3 Å². The highest BCUT2D eigenvalue weighted by Crippen LogP contribution is 2.32. The van der Waals surface area contributed by atoms with Gasteiger partial charge in [-0.1, -0.05) is 25.1 Å². The van der Waals surface area contributed by atoms with Crippen molar-refractivity contribution in [2.24, 2.45) is 0 Å². The van der Waals surface area contributed by atoms with Crippen molar-refractivity contribution < 1.29 is 5.11 Å². The van der Waals surface area contributed by atoms with Crippen LogP contribution in [0.25, 0.3) is 10.9 Å². The van der Waals surface area contributed by atoms with Crippen molar-refractivity contribution in [3.05, 3.63) is 36.0 Å². The van der Waals surface area contributed by atoms with Gasteiger partial charge in [-0.15, -0.1) is 0 Å². The predicted molar refractivity (Wildman–Crippen MR) is 78.6 cm³/mol. The second-order valence-corrected chi connectivity index (χ2v) is 5.67. The molecular weight excluding hydrogens is 236 g/mol. The zero-order valence-corrected chi connectivity index (χ0v) is 11.6. The first-order chi connectivity index (χ1) is 9.09. The lowest BCUT2D eigenvalue weighted by Crippen LogP contribution is -2.29. The molecule has 1 unspecified atom stereocenters. The molecule has 0 spiro atoms. The van der Waals surface area contributed by atoms with Crippen LogP contribution in [0.1, 0.15) is 26.0 Å². The molecule has 1 aromatic heterocycles. The molecule has 1 aromatic carbocycles. The Morgan fingerprint density at radius 2 is 2.16 bits per heavy atom. The average molecular weight is 256 g/mol. The van der Waals surface area contributed by atoms with Crippen LogP contribution in [0.2, 0.25) is 0 Å². The number of hydrogen-bond donors (Lipinski definition) is 1. The van der Waals surface area contributed by atoms with E-state index in [9.17, 15) is 5.11 Å². The fraction of sp³-hybridized carbons (Fsp3) is 0.438. The molecule has 100 valence electrons. The molecule has 2 heterocycles. The number of β-amino-alcohol motifs (C(OH)–C–C–N with tert-alkyl or cyclic N) is 1. The monoisotopic (exact) mass is 256 g/mol. The van der Waals surface area contributed by atoms with Crippen LogP contribution in [-0.4, -0.2) is 28.8 Å². The number of para-hydroxylation sites is 1. The van der Waals surface area contributed by atoms with Crippen molar-refractivity contribution in [2.45, 2.75) is 32.3 Å². The van der Waals surface area contributed by atoms with Gasteiger partial charge >= 0.3 is 0 Å². The number of aryl methyl sites for hydroxylation is 1. The van der Waals surface area contributed by atoms with Crippen LogP contribution in [0.3, 0.4) is 0 Å². The van der Waals surface area contributed by atoms with Gasteiger partial charge in [0.1, 0.15) is 0 Å². The van der Waals surface area contributed by atoms with Gasteiger partial charge in [0.05, 0.1) is 11.1 Å². The van der Waals surface area contributed by atoms with Crippen molar-refractivity contribution in [1.82, 2.24) is 4.98 Å². The van der Waals surface area contributed by atoms with Gasteiger partial charge in [0.2, 0.25) is 0 Å². The second kappa shape index (κ2) is 4.49. The van der Waals surface area contributed by atoms with Crippen molar-refractivity contribution in [1.29, 1.82) is 0 Å². The molecule has 0 bridgehead atoms. The molecule has 0 aliphatic carbocycles. The molecule has 3 rings (SSSR count). The third kappa shape index (κ3) is 2.30. The third-order valence-corrected chi connectivity index (χ3v) is 3.90. The molecular formula is C16H20N2O. The summed E-state index contributed by atoms with van der Waals surface area (Å²) in [6.45, 7) is 5.65. The van der Waals surface area contributed by atoms with Gasteiger partial charge in [0.25, 0.3) is 0 Å². The summed E-state index contributed by atoms with van der Waals surface area (Å²) in [6, 6.07) is 10.4. The SMILES string of the molecule is CCc1cc(N2CCC(C)(O)C2)c2ccccc2n1. The van der Waals surface area contributed by atoms with Gasteiger partial charge < -0.3 is 10.0 Å². The van der Waals surface area contributed by atoms with E-state index in [2.05, 4.69) is 35.0 Å². The lowest BCUT2D eigenvalue weighted by atomic mass is 10.1. The van der Waals surface area contributed by atoms with E-state index in [-0.39, 0.29) is 0 Å². The molecule has 1 N–H and O–H groups in total. The zero-order valence-electron chi connectivity index (χ0n) is 11.6. The van der Waals surface area contributed by atoms with Crippen molar-refractivity contribution in [3.8, 4) is 0 Å². The quantitative estimate of drug-likeness (QED) is 0.897. The van der Waals surface area contributed by atoms with Gasteiger partial charge in [0, 0.05) is 29.9 Å².